The van der Waals surface area contributed by atoms with Gasteiger partial charge in [-0.2, -0.15) is 0 Å². The fraction of sp³-hybridized carbons (Fsp3) is 0.194. The summed E-state index contributed by atoms with van der Waals surface area (Å²) in [5, 5.41) is 3.97. The molecule has 1 unspecified atom stereocenters. The molecule has 196 valence electrons. The van der Waals surface area contributed by atoms with Crippen LogP contribution < -0.4 is 15.0 Å². The smallest absolute Gasteiger partial charge is 0.137 e. The van der Waals surface area contributed by atoms with Crippen LogP contribution >= 0.6 is 0 Å². The normalized spacial score (nSPS) is 15.4. The number of ether oxygens (including phenoxy) is 2. The van der Waals surface area contributed by atoms with E-state index in [9.17, 15) is 0 Å². The molecule has 3 aromatic heterocycles. The summed E-state index contributed by atoms with van der Waals surface area (Å²) in [6.07, 6.45) is 5.12. The Morgan fingerprint density at radius 2 is 1.95 bits per heavy atom. The van der Waals surface area contributed by atoms with Gasteiger partial charge in [-0.25, -0.2) is 9.37 Å². The molecule has 0 saturated carbocycles. The van der Waals surface area contributed by atoms with Crippen LogP contribution in [-0.2, 0) is 4.74 Å². The van der Waals surface area contributed by atoms with Crippen molar-refractivity contribution in [2.45, 2.75) is 13.0 Å². The Hall–Kier alpha value is -4.56. The van der Waals surface area contributed by atoms with E-state index in [0.717, 1.165) is 40.4 Å². The Balaban J connectivity index is 1.34. The maximum Gasteiger partial charge on any atom is 0.137 e. The maximum absolute atomic E-state index is 15.2. The van der Waals surface area contributed by atoms with Crippen LogP contribution in [0.25, 0.3) is 22.3 Å². The third-order valence-electron chi connectivity index (χ3n) is 7.00. The number of nitrogens with zero attached hydrogens (tertiary/aromatic N) is 4. The fourth-order valence-electron chi connectivity index (χ4n) is 5.01. The van der Waals surface area contributed by atoms with E-state index in [1.807, 2.05) is 55.6 Å². The molecular weight excluding hydrogens is 493 g/mol. The Kier molecular flexibility index (Phi) is 6.77. The third kappa shape index (κ3) is 4.98. The molecule has 1 atom stereocenters. The first-order valence-electron chi connectivity index (χ1n) is 12.8. The van der Waals surface area contributed by atoms with Crippen molar-refractivity contribution in [2.75, 3.05) is 37.0 Å². The average molecular weight is 522 g/mol. The standard InChI is InChI=1S/C31H28FN5O2/c1-20-30(27-10-3-4-12-34-27)36-26-11-6-9-25(32)29(26)31(20)35-22-7-5-8-23(16-22)37-13-14-39-28(19-37)21-15-24(38-2)18-33-17-21/h3-12,15-18,28H,13-14,19H2,1-2H3,(H,35,36). The number of methoxy groups -OCH3 is 1. The van der Waals surface area contributed by atoms with Crippen molar-refractivity contribution in [1.29, 1.82) is 0 Å². The summed E-state index contributed by atoms with van der Waals surface area (Å²) in [5.41, 5.74) is 6.41. The highest BCUT2D eigenvalue weighted by Crippen LogP contribution is 2.37. The van der Waals surface area contributed by atoms with Crippen LogP contribution in [0.5, 0.6) is 5.75 Å². The Morgan fingerprint density at radius 3 is 2.79 bits per heavy atom. The van der Waals surface area contributed by atoms with Crippen LogP contribution in [-0.4, -0.2) is 41.8 Å². The lowest BCUT2D eigenvalue weighted by Crippen LogP contribution is -2.38. The Labute approximate surface area is 226 Å². The topological polar surface area (TPSA) is 72.4 Å². The molecule has 0 bridgehead atoms. The summed E-state index contributed by atoms with van der Waals surface area (Å²) >= 11 is 0. The van der Waals surface area contributed by atoms with Crippen molar-refractivity contribution in [3.8, 4) is 17.1 Å². The van der Waals surface area contributed by atoms with Crippen LogP contribution in [0.3, 0.4) is 0 Å². The number of benzene rings is 2. The van der Waals surface area contributed by atoms with Crippen LogP contribution in [0.1, 0.15) is 17.2 Å². The Morgan fingerprint density at radius 1 is 1.05 bits per heavy atom. The highest BCUT2D eigenvalue weighted by molar-refractivity contribution is 5.98. The van der Waals surface area contributed by atoms with Crippen molar-refractivity contribution in [1.82, 2.24) is 15.0 Å². The molecule has 2 aromatic carbocycles. The van der Waals surface area contributed by atoms with Crippen LogP contribution in [0.15, 0.2) is 85.3 Å². The summed E-state index contributed by atoms with van der Waals surface area (Å²) in [4.78, 5) is 15.8. The first kappa shape index (κ1) is 24.8. The molecule has 0 radical (unpaired) electrons. The number of hydrogen-bond donors (Lipinski definition) is 1. The minimum absolute atomic E-state index is 0.126. The second kappa shape index (κ2) is 10.7. The monoisotopic (exact) mass is 521 g/mol. The van der Waals surface area contributed by atoms with E-state index in [2.05, 4.69) is 32.3 Å². The van der Waals surface area contributed by atoms with Gasteiger partial charge >= 0.3 is 0 Å². The van der Waals surface area contributed by atoms with Gasteiger partial charge in [0, 0.05) is 48.0 Å². The van der Waals surface area contributed by atoms with E-state index >= 15 is 4.39 Å². The van der Waals surface area contributed by atoms with Gasteiger partial charge in [0.25, 0.3) is 0 Å². The van der Waals surface area contributed by atoms with Gasteiger partial charge in [0.2, 0.25) is 0 Å². The van der Waals surface area contributed by atoms with Crippen molar-refractivity contribution < 1.29 is 13.9 Å². The Bertz CT molecular complexity index is 1630. The third-order valence-corrected chi connectivity index (χ3v) is 7.00. The lowest BCUT2D eigenvalue weighted by molar-refractivity contribution is 0.0394. The quantitative estimate of drug-likeness (QED) is 0.275. The van der Waals surface area contributed by atoms with Crippen LogP contribution in [0.2, 0.25) is 0 Å². The van der Waals surface area contributed by atoms with E-state index < -0.39 is 0 Å². The molecular formula is C31H28FN5O2. The van der Waals surface area contributed by atoms with Gasteiger partial charge in [0.1, 0.15) is 17.7 Å². The van der Waals surface area contributed by atoms with Crippen molar-refractivity contribution >= 4 is 28.0 Å². The summed E-state index contributed by atoms with van der Waals surface area (Å²) in [6.45, 7) is 3.97. The predicted molar refractivity (Wildman–Crippen MR) is 151 cm³/mol. The minimum Gasteiger partial charge on any atom is -0.495 e. The van der Waals surface area contributed by atoms with E-state index in [-0.39, 0.29) is 11.9 Å². The lowest BCUT2D eigenvalue weighted by atomic mass is 10.0. The van der Waals surface area contributed by atoms with Crippen molar-refractivity contribution in [3.63, 3.8) is 0 Å². The van der Waals surface area contributed by atoms with Crippen molar-refractivity contribution in [2.24, 2.45) is 0 Å². The number of anilines is 3. The summed E-state index contributed by atoms with van der Waals surface area (Å²) in [5.74, 6) is 0.383. The van der Waals surface area contributed by atoms with Gasteiger partial charge in [0.15, 0.2) is 0 Å². The number of fused-ring (bicyclic) bond motifs is 1. The molecule has 1 aliphatic rings. The van der Waals surface area contributed by atoms with E-state index in [4.69, 9.17) is 14.5 Å². The highest BCUT2D eigenvalue weighted by atomic mass is 19.1. The molecule has 1 fully saturated rings. The number of nitrogens with one attached hydrogen (secondary N) is 1. The zero-order valence-corrected chi connectivity index (χ0v) is 21.8. The fourth-order valence-corrected chi connectivity index (χ4v) is 5.01. The lowest BCUT2D eigenvalue weighted by Gasteiger charge is -2.35. The zero-order valence-electron chi connectivity index (χ0n) is 21.8. The molecule has 0 spiro atoms. The molecule has 0 aliphatic carbocycles. The molecule has 0 amide bonds. The summed E-state index contributed by atoms with van der Waals surface area (Å²) in [7, 11) is 1.63. The maximum atomic E-state index is 15.2. The number of hydrogen-bond acceptors (Lipinski definition) is 7. The van der Waals surface area contributed by atoms with Gasteiger partial charge in [-0.05, 0) is 55.5 Å². The summed E-state index contributed by atoms with van der Waals surface area (Å²) in [6, 6.07) is 20.8. The van der Waals surface area contributed by atoms with E-state index in [1.165, 1.54) is 6.07 Å². The molecule has 1 aliphatic heterocycles. The van der Waals surface area contributed by atoms with Crippen LogP contribution in [0, 0.1) is 12.7 Å². The predicted octanol–water partition coefficient (Wildman–Crippen LogP) is 6.47. The molecule has 8 heteroatoms. The zero-order chi connectivity index (χ0) is 26.8. The highest BCUT2D eigenvalue weighted by Gasteiger charge is 2.24. The number of halogens is 1. The van der Waals surface area contributed by atoms with Gasteiger partial charge in [-0.3, -0.25) is 9.97 Å². The first-order valence-corrected chi connectivity index (χ1v) is 12.8. The second-order valence-corrected chi connectivity index (χ2v) is 9.45. The molecule has 7 nitrogen and oxygen atoms in total. The summed E-state index contributed by atoms with van der Waals surface area (Å²) < 4.78 is 26.6. The molecule has 39 heavy (non-hydrogen) atoms. The van der Waals surface area contributed by atoms with Gasteiger partial charge in [-0.1, -0.05) is 18.2 Å². The van der Waals surface area contributed by atoms with Crippen molar-refractivity contribution in [3.05, 3.63) is 102 Å². The molecule has 5 aromatic rings. The van der Waals surface area contributed by atoms with Gasteiger partial charge in [-0.15, -0.1) is 0 Å². The molecule has 1 saturated heterocycles. The molecule has 1 N–H and O–H groups in total. The van der Waals surface area contributed by atoms with E-state index in [0.29, 0.717) is 35.5 Å². The second-order valence-electron chi connectivity index (χ2n) is 9.45. The number of morpholine rings is 1. The molecule has 4 heterocycles. The molecule has 6 rings (SSSR count). The number of aromatic nitrogens is 3. The average Bonchev–Trinajstić information content (AvgIpc) is 2.99. The number of pyridine rings is 3. The van der Waals surface area contributed by atoms with Crippen LogP contribution in [0.4, 0.5) is 21.5 Å². The van der Waals surface area contributed by atoms with E-state index in [1.54, 1.807) is 25.6 Å². The van der Waals surface area contributed by atoms with Gasteiger partial charge in [0.05, 0.1) is 47.9 Å². The van der Waals surface area contributed by atoms with Gasteiger partial charge < -0.3 is 19.7 Å². The SMILES string of the molecule is COc1cncc(C2CN(c3cccc(Nc4c(C)c(-c5ccccn5)nc5cccc(F)c45)c3)CCO2)c1. The number of rotatable bonds is 6. The largest absolute Gasteiger partial charge is 0.495 e. The first-order chi connectivity index (χ1) is 19.1. The minimum atomic E-state index is -0.322.